The minimum absolute atomic E-state index is 0.0448. The van der Waals surface area contributed by atoms with Crippen molar-refractivity contribution in [1.82, 2.24) is 15.0 Å². The fraction of sp³-hybridized carbons (Fsp3) is 0.903. The van der Waals surface area contributed by atoms with Gasteiger partial charge in [0.2, 0.25) is 23.6 Å². The van der Waals surface area contributed by atoms with Gasteiger partial charge < -0.3 is 39.9 Å². The van der Waals surface area contributed by atoms with Crippen LogP contribution in [0.4, 0.5) is 17.8 Å². The molecule has 0 saturated heterocycles. The maximum Gasteiger partial charge on any atom is 0.314 e. The lowest BCUT2D eigenvalue weighted by molar-refractivity contribution is -0.487. The van der Waals surface area contributed by atoms with Crippen LogP contribution in [0, 0.1) is 0 Å². The lowest BCUT2D eigenvalue weighted by Crippen LogP contribution is -2.76. The quantitative estimate of drug-likeness (QED) is 0.0704. The SMILES string of the molecule is CCCCOC(C)(OCCCC)C(OCCCC)(OCCCC)C(Nc1nc(N)nc(N)n1)(OCCCC)OCCCC. The van der Waals surface area contributed by atoms with Gasteiger partial charge in [0.05, 0.1) is 39.6 Å². The minimum Gasteiger partial charge on any atom is -0.368 e. The molecule has 0 bridgehead atoms. The number of hydrogen-bond donors (Lipinski definition) is 3. The summed E-state index contributed by atoms with van der Waals surface area (Å²) in [5, 5.41) is 3.30. The zero-order chi connectivity index (χ0) is 32.0. The molecule has 0 radical (unpaired) electrons. The highest BCUT2D eigenvalue weighted by atomic mass is 16.8. The molecule has 0 aromatic carbocycles. The number of aromatic nitrogens is 3. The maximum atomic E-state index is 6.88. The highest BCUT2D eigenvalue weighted by Crippen LogP contribution is 2.45. The van der Waals surface area contributed by atoms with E-state index in [0.717, 1.165) is 77.0 Å². The second-order valence-electron chi connectivity index (χ2n) is 10.9. The third kappa shape index (κ3) is 12.2. The summed E-state index contributed by atoms with van der Waals surface area (Å²) in [5.74, 6) is -5.11. The molecule has 0 amide bonds. The van der Waals surface area contributed by atoms with Crippen molar-refractivity contribution in [3.63, 3.8) is 0 Å². The Morgan fingerprint density at radius 3 is 1.19 bits per heavy atom. The Kier molecular flexibility index (Phi) is 19.9. The highest BCUT2D eigenvalue weighted by molar-refractivity contribution is 5.39. The summed E-state index contributed by atoms with van der Waals surface area (Å²) >= 11 is 0. The molecular formula is C31H62N6O6. The Bertz CT molecular complexity index is 799. The van der Waals surface area contributed by atoms with Gasteiger partial charge in [-0.1, -0.05) is 80.1 Å². The van der Waals surface area contributed by atoms with E-state index in [-0.39, 0.29) is 17.8 Å². The Morgan fingerprint density at radius 1 is 0.512 bits per heavy atom. The topological polar surface area (TPSA) is 158 Å². The Labute approximate surface area is 260 Å². The van der Waals surface area contributed by atoms with Crippen molar-refractivity contribution in [3.8, 4) is 0 Å². The fourth-order valence-corrected chi connectivity index (χ4v) is 4.29. The molecule has 0 aliphatic carbocycles. The first kappa shape index (κ1) is 39.2. The zero-order valence-electron chi connectivity index (χ0n) is 28.2. The van der Waals surface area contributed by atoms with Gasteiger partial charge in [-0.3, -0.25) is 5.32 Å². The van der Waals surface area contributed by atoms with Crippen molar-refractivity contribution in [2.24, 2.45) is 0 Å². The van der Waals surface area contributed by atoms with E-state index in [1.54, 1.807) is 0 Å². The Balaban J connectivity index is 4.09. The summed E-state index contributed by atoms with van der Waals surface area (Å²) in [7, 11) is 0. The van der Waals surface area contributed by atoms with Crippen molar-refractivity contribution >= 4 is 17.8 Å². The molecular weight excluding hydrogens is 552 g/mol. The van der Waals surface area contributed by atoms with E-state index < -0.39 is 17.5 Å². The van der Waals surface area contributed by atoms with Gasteiger partial charge in [0, 0.05) is 0 Å². The van der Waals surface area contributed by atoms with Gasteiger partial charge in [-0.05, 0) is 45.4 Å². The first-order valence-corrected chi connectivity index (χ1v) is 16.6. The summed E-state index contributed by atoms with van der Waals surface area (Å²) in [4.78, 5) is 12.6. The fourth-order valence-electron chi connectivity index (χ4n) is 4.29. The predicted octanol–water partition coefficient (Wildman–Crippen LogP) is 6.41. The van der Waals surface area contributed by atoms with Crippen LogP contribution in [0.15, 0.2) is 0 Å². The molecule has 5 N–H and O–H groups in total. The lowest BCUT2D eigenvalue weighted by Gasteiger charge is -2.54. The second kappa shape index (κ2) is 21.8. The molecule has 1 heterocycles. The molecule has 43 heavy (non-hydrogen) atoms. The molecule has 0 aliphatic rings. The molecule has 0 unspecified atom stereocenters. The number of nitrogen functional groups attached to an aromatic ring is 2. The third-order valence-corrected chi connectivity index (χ3v) is 6.94. The number of nitrogens with one attached hydrogen (secondary N) is 1. The van der Waals surface area contributed by atoms with Crippen LogP contribution in [-0.4, -0.2) is 72.1 Å². The standard InChI is InChI=1S/C31H62N6O6/c1-8-14-20-38-29(7,39-21-15-9-2)30(40-22-16-10-3,41-23-17-11-4)31(42-24-18-12-5,43-25-19-13-6)37-28-35-26(32)34-27(33)36-28/h8-25H2,1-7H3,(H5,32,33,34,35,36,37). The van der Waals surface area contributed by atoms with Crippen molar-refractivity contribution < 1.29 is 28.4 Å². The minimum atomic E-state index is -1.83. The molecule has 1 aromatic heterocycles. The second-order valence-corrected chi connectivity index (χ2v) is 10.9. The number of ether oxygens (including phenoxy) is 6. The molecule has 12 heteroatoms. The van der Waals surface area contributed by atoms with Crippen LogP contribution >= 0.6 is 0 Å². The normalized spacial score (nSPS) is 12.6. The molecule has 0 spiro atoms. The summed E-state index contributed by atoms with van der Waals surface area (Å²) in [6.07, 6.45) is 10.2. The number of hydrogen-bond acceptors (Lipinski definition) is 12. The van der Waals surface area contributed by atoms with Gasteiger partial charge in [0.1, 0.15) is 0 Å². The predicted molar refractivity (Wildman–Crippen MR) is 171 cm³/mol. The molecule has 0 saturated carbocycles. The van der Waals surface area contributed by atoms with E-state index >= 15 is 0 Å². The molecule has 1 rings (SSSR count). The van der Waals surface area contributed by atoms with E-state index in [9.17, 15) is 0 Å². The van der Waals surface area contributed by atoms with Gasteiger partial charge in [-0.2, -0.15) is 15.0 Å². The van der Waals surface area contributed by atoms with Gasteiger partial charge in [0.15, 0.2) is 0 Å². The van der Waals surface area contributed by atoms with Crippen LogP contribution in [0.2, 0.25) is 0 Å². The highest BCUT2D eigenvalue weighted by Gasteiger charge is 2.70. The van der Waals surface area contributed by atoms with Crippen molar-refractivity contribution in [2.75, 3.05) is 56.4 Å². The van der Waals surface area contributed by atoms with Gasteiger partial charge in [0.25, 0.3) is 0 Å². The number of unbranched alkanes of at least 4 members (excludes halogenated alkanes) is 6. The number of anilines is 3. The van der Waals surface area contributed by atoms with Crippen molar-refractivity contribution in [2.45, 2.75) is 143 Å². The summed E-state index contributed by atoms with van der Waals surface area (Å²) < 4.78 is 40.6. The first-order chi connectivity index (χ1) is 20.7. The van der Waals surface area contributed by atoms with Crippen LogP contribution in [-0.2, 0) is 28.4 Å². The van der Waals surface area contributed by atoms with Crippen molar-refractivity contribution in [1.29, 1.82) is 0 Å². The Hall–Kier alpha value is -1.83. The summed E-state index contributed by atoms with van der Waals surface area (Å²) in [6, 6.07) is 0. The number of nitrogens with zero attached hydrogens (tertiary/aromatic N) is 3. The maximum absolute atomic E-state index is 6.88. The molecule has 252 valence electrons. The van der Waals surface area contributed by atoms with Crippen LogP contribution in [0.3, 0.4) is 0 Å². The molecule has 0 atom stereocenters. The molecule has 1 aromatic rings. The monoisotopic (exact) mass is 614 g/mol. The lowest BCUT2D eigenvalue weighted by atomic mass is 10.00. The van der Waals surface area contributed by atoms with E-state index in [1.165, 1.54) is 0 Å². The van der Waals surface area contributed by atoms with E-state index in [2.05, 4.69) is 61.8 Å². The smallest absolute Gasteiger partial charge is 0.314 e. The zero-order valence-corrected chi connectivity index (χ0v) is 28.2. The molecule has 12 nitrogen and oxygen atoms in total. The van der Waals surface area contributed by atoms with Crippen LogP contribution in [0.25, 0.3) is 0 Å². The van der Waals surface area contributed by atoms with Crippen molar-refractivity contribution in [3.05, 3.63) is 0 Å². The summed E-state index contributed by atoms with van der Waals surface area (Å²) in [6.45, 7) is 16.6. The van der Waals surface area contributed by atoms with Gasteiger partial charge in [-0.25, -0.2) is 0 Å². The number of rotatable bonds is 28. The average Bonchev–Trinajstić information content (AvgIpc) is 2.96. The molecule has 0 aliphatic heterocycles. The third-order valence-electron chi connectivity index (χ3n) is 6.94. The summed E-state index contributed by atoms with van der Waals surface area (Å²) in [5.41, 5.74) is 12.0. The van der Waals surface area contributed by atoms with Gasteiger partial charge in [-0.15, -0.1) is 0 Å². The van der Waals surface area contributed by atoms with E-state index in [4.69, 9.17) is 39.9 Å². The Morgan fingerprint density at radius 2 is 0.837 bits per heavy atom. The number of nitrogens with two attached hydrogens (primary N) is 2. The van der Waals surface area contributed by atoms with Crippen LogP contribution in [0.5, 0.6) is 0 Å². The van der Waals surface area contributed by atoms with E-state index in [1.807, 2.05) is 6.92 Å². The van der Waals surface area contributed by atoms with Crippen LogP contribution < -0.4 is 16.8 Å². The van der Waals surface area contributed by atoms with E-state index in [0.29, 0.717) is 39.6 Å². The largest absolute Gasteiger partial charge is 0.368 e. The van der Waals surface area contributed by atoms with Gasteiger partial charge >= 0.3 is 11.7 Å². The average molecular weight is 615 g/mol. The van der Waals surface area contributed by atoms with Crippen LogP contribution in [0.1, 0.15) is 126 Å². The molecule has 0 fully saturated rings. The first-order valence-electron chi connectivity index (χ1n) is 16.6.